The highest BCUT2D eigenvalue weighted by Gasteiger charge is 2.76. The number of halogens is 2. The zero-order valence-corrected chi connectivity index (χ0v) is 21.4. The fourth-order valence-corrected chi connectivity index (χ4v) is 6.74. The number of rotatable bonds is 10. The summed E-state index contributed by atoms with van der Waals surface area (Å²) in [5.74, 6) is -2.56. The summed E-state index contributed by atoms with van der Waals surface area (Å²) in [5.41, 5.74) is -0.538. The number of aliphatic hydroxyl groups is 1. The summed E-state index contributed by atoms with van der Waals surface area (Å²) in [7, 11) is 0. The van der Waals surface area contributed by atoms with Gasteiger partial charge in [-0.15, -0.1) is 0 Å². The number of hydrogen-bond donors (Lipinski definition) is 2. The normalized spacial score (nSPS) is 31.6. The van der Waals surface area contributed by atoms with E-state index in [1.165, 1.54) is 0 Å². The molecule has 0 radical (unpaired) electrons. The Labute approximate surface area is 212 Å². The number of alkyl halides is 1. The molecule has 1 aromatic carbocycles. The molecule has 1 unspecified atom stereocenters. The van der Waals surface area contributed by atoms with Crippen LogP contribution in [0.3, 0.4) is 0 Å². The van der Waals surface area contributed by atoms with E-state index in [0.717, 1.165) is 12.8 Å². The minimum atomic E-state index is -1.10. The number of esters is 1. The van der Waals surface area contributed by atoms with Gasteiger partial charge in [0.05, 0.1) is 24.5 Å². The van der Waals surface area contributed by atoms with Gasteiger partial charge in [-0.3, -0.25) is 14.4 Å². The van der Waals surface area contributed by atoms with Crippen molar-refractivity contribution in [1.29, 1.82) is 0 Å². The van der Waals surface area contributed by atoms with Crippen LogP contribution in [-0.2, 0) is 23.9 Å². The van der Waals surface area contributed by atoms with Gasteiger partial charge < -0.3 is 24.8 Å². The average molecular weight is 558 g/mol. The van der Waals surface area contributed by atoms with E-state index in [1.807, 2.05) is 0 Å². The van der Waals surface area contributed by atoms with E-state index in [9.17, 15) is 14.4 Å². The van der Waals surface area contributed by atoms with Crippen LogP contribution in [0.2, 0.25) is 5.02 Å². The smallest absolute Gasteiger partial charge is 0.312 e. The third-order valence-corrected chi connectivity index (χ3v) is 8.11. The summed E-state index contributed by atoms with van der Waals surface area (Å²) in [5, 5.41) is 12.5. The molecule has 4 rings (SSSR count). The highest BCUT2D eigenvalue weighted by atomic mass is 79.9. The van der Waals surface area contributed by atoms with Gasteiger partial charge in [0.25, 0.3) is 0 Å². The van der Waals surface area contributed by atoms with E-state index in [1.54, 1.807) is 36.1 Å². The topological polar surface area (TPSA) is 105 Å². The SMILES string of the molecule is CCOC(=O)[C@H]1[C@@H]2O[C@@]3(CC2Br)[C@@H]1C(=O)N(CCCCCCO)[C@@H]3C(=O)Nc1ccc(Cl)cc1. The Morgan fingerprint density at radius 3 is 2.65 bits per heavy atom. The number of likely N-dealkylation sites (tertiary alicyclic amines) is 1. The lowest BCUT2D eigenvalue weighted by molar-refractivity contribution is -0.154. The molecular weight excluding hydrogens is 528 g/mol. The van der Waals surface area contributed by atoms with Gasteiger partial charge in [0, 0.05) is 28.7 Å². The van der Waals surface area contributed by atoms with Crippen molar-refractivity contribution in [2.45, 2.75) is 61.6 Å². The van der Waals surface area contributed by atoms with Crippen LogP contribution in [0.5, 0.6) is 0 Å². The van der Waals surface area contributed by atoms with Crippen LogP contribution in [0.1, 0.15) is 39.0 Å². The number of amides is 2. The van der Waals surface area contributed by atoms with Crippen molar-refractivity contribution in [3.63, 3.8) is 0 Å². The monoisotopic (exact) mass is 556 g/mol. The largest absolute Gasteiger partial charge is 0.466 e. The number of carbonyl (C=O) groups excluding carboxylic acids is 3. The molecule has 3 heterocycles. The molecule has 1 spiro atoms. The first kappa shape index (κ1) is 25.4. The lowest BCUT2D eigenvalue weighted by atomic mass is 9.70. The van der Waals surface area contributed by atoms with Crippen LogP contribution in [0.15, 0.2) is 24.3 Å². The first-order valence-electron chi connectivity index (χ1n) is 11.8. The van der Waals surface area contributed by atoms with Gasteiger partial charge in [-0.1, -0.05) is 40.4 Å². The van der Waals surface area contributed by atoms with E-state index in [-0.39, 0.29) is 29.9 Å². The second kappa shape index (κ2) is 10.5. The van der Waals surface area contributed by atoms with Gasteiger partial charge in [0.1, 0.15) is 11.6 Å². The van der Waals surface area contributed by atoms with Crippen molar-refractivity contribution in [2.24, 2.45) is 11.8 Å². The average Bonchev–Trinajstić information content (AvgIpc) is 3.39. The Morgan fingerprint density at radius 2 is 1.97 bits per heavy atom. The summed E-state index contributed by atoms with van der Waals surface area (Å²) in [6.07, 6.45) is 2.96. The molecule has 2 bridgehead atoms. The van der Waals surface area contributed by atoms with E-state index in [4.69, 9.17) is 26.2 Å². The standard InChI is InChI=1S/C24H30BrClN2O6/c1-2-33-23(32)17-18-22(31)28(11-5-3-4-6-12-29)20(24(18)13-16(25)19(17)34-24)21(30)27-15-9-7-14(26)8-10-15/h7-10,16-20,29H,2-6,11-13H2,1H3,(H,27,30)/t16?,17-,18+,19-,20-,24+/m1/s1. The van der Waals surface area contributed by atoms with Gasteiger partial charge in [-0.25, -0.2) is 0 Å². The molecule has 6 atom stereocenters. The fraction of sp³-hybridized carbons (Fsp3) is 0.625. The predicted molar refractivity (Wildman–Crippen MR) is 130 cm³/mol. The molecule has 2 amide bonds. The summed E-state index contributed by atoms with van der Waals surface area (Å²) >= 11 is 9.60. The van der Waals surface area contributed by atoms with Gasteiger partial charge >= 0.3 is 5.97 Å². The molecule has 10 heteroatoms. The van der Waals surface area contributed by atoms with Crippen LogP contribution >= 0.6 is 27.5 Å². The van der Waals surface area contributed by atoms with Crippen molar-refractivity contribution in [2.75, 3.05) is 25.1 Å². The molecule has 0 saturated carbocycles. The Hall–Kier alpha value is -1.68. The maximum Gasteiger partial charge on any atom is 0.312 e. The lowest BCUT2D eigenvalue weighted by Crippen LogP contribution is -2.54. The van der Waals surface area contributed by atoms with Crippen molar-refractivity contribution < 1.29 is 29.0 Å². The van der Waals surface area contributed by atoms with E-state index in [0.29, 0.717) is 36.5 Å². The maximum absolute atomic E-state index is 13.7. The maximum atomic E-state index is 13.7. The first-order chi connectivity index (χ1) is 16.3. The second-order valence-corrected chi connectivity index (χ2v) is 10.7. The highest BCUT2D eigenvalue weighted by molar-refractivity contribution is 9.09. The van der Waals surface area contributed by atoms with Gasteiger partial charge in [-0.05, 0) is 50.5 Å². The van der Waals surface area contributed by atoms with Crippen LogP contribution in [0, 0.1) is 11.8 Å². The van der Waals surface area contributed by atoms with Crippen LogP contribution < -0.4 is 5.32 Å². The van der Waals surface area contributed by atoms with Crippen LogP contribution in [0.4, 0.5) is 5.69 Å². The number of nitrogens with one attached hydrogen (secondary N) is 1. The minimum Gasteiger partial charge on any atom is -0.466 e. The molecule has 1 aromatic rings. The summed E-state index contributed by atoms with van der Waals surface area (Å²) < 4.78 is 11.7. The zero-order chi connectivity index (χ0) is 24.5. The van der Waals surface area contributed by atoms with Crippen molar-refractivity contribution >= 4 is 51.0 Å². The number of anilines is 1. The summed E-state index contributed by atoms with van der Waals surface area (Å²) in [6.45, 7) is 2.43. The third kappa shape index (κ3) is 4.47. The molecule has 3 aliphatic rings. The Kier molecular flexibility index (Phi) is 7.86. The van der Waals surface area contributed by atoms with Crippen molar-refractivity contribution in [3.05, 3.63) is 29.3 Å². The van der Waals surface area contributed by atoms with Crippen molar-refractivity contribution in [1.82, 2.24) is 4.90 Å². The molecule has 0 aliphatic carbocycles. The van der Waals surface area contributed by atoms with Crippen LogP contribution in [-0.4, -0.2) is 70.1 Å². The number of fused-ring (bicyclic) bond motifs is 1. The Balaban J connectivity index is 1.63. The highest BCUT2D eigenvalue weighted by Crippen LogP contribution is 2.60. The Morgan fingerprint density at radius 1 is 1.26 bits per heavy atom. The molecular formula is C24H30BrClN2O6. The van der Waals surface area contributed by atoms with Crippen LogP contribution in [0.25, 0.3) is 0 Å². The predicted octanol–water partition coefficient (Wildman–Crippen LogP) is 3.14. The van der Waals surface area contributed by atoms with E-state index in [2.05, 4.69) is 21.2 Å². The molecule has 34 heavy (non-hydrogen) atoms. The van der Waals surface area contributed by atoms with E-state index < -0.39 is 35.6 Å². The number of benzene rings is 1. The molecule has 3 fully saturated rings. The number of hydrogen-bond acceptors (Lipinski definition) is 6. The lowest BCUT2D eigenvalue weighted by Gasteiger charge is -2.34. The number of unbranched alkanes of at least 4 members (excludes halogenated alkanes) is 3. The molecule has 0 aromatic heterocycles. The first-order valence-corrected chi connectivity index (χ1v) is 13.1. The molecule has 3 saturated heterocycles. The third-order valence-electron chi connectivity index (χ3n) is 7.02. The quantitative estimate of drug-likeness (QED) is 0.260. The van der Waals surface area contributed by atoms with Gasteiger partial charge in [-0.2, -0.15) is 0 Å². The zero-order valence-electron chi connectivity index (χ0n) is 19.0. The number of aliphatic hydroxyl groups excluding tert-OH is 1. The molecule has 3 aliphatic heterocycles. The number of nitrogens with zero attached hydrogens (tertiary/aromatic N) is 1. The molecule has 2 N–H and O–H groups in total. The summed E-state index contributed by atoms with van der Waals surface area (Å²) in [6, 6.07) is 5.89. The Bertz CT molecular complexity index is 931. The summed E-state index contributed by atoms with van der Waals surface area (Å²) in [4.78, 5) is 41.7. The van der Waals surface area contributed by atoms with Gasteiger partial charge in [0.15, 0.2) is 0 Å². The number of carbonyl (C=O) groups is 3. The number of ether oxygens (including phenoxy) is 2. The fourth-order valence-electron chi connectivity index (χ4n) is 5.67. The van der Waals surface area contributed by atoms with E-state index >= 15 is 0 Å². The van der Waals surface area contributed by atoms with Crippen molar-refractivity contribution in [3.8, 4) is 0 Å². The minimum absolute atomic E-state index is 0.128. The van der Waals surface area contributed by atoms with Gasteiger partial charge in [0.2, 0.25) is 11.8 Å². The molecule has 8 nitrogen and oxygen atoms in total. The second-order valence-electron chi connectivity index (χ2n) is 9.08. The molecule has 186 valence electrons.